The van der Waals surface area contributed by atoms with Gasteiger partial charge < -0.3 is 10.4 Å². The molecule has 0 unspecified atom stereocenters. The van der Waals surface area contributed by atoms with Crippen molar-refractivity contribution in [3.63, 3.8) is 0 Å². The van der Waals surface area contributed by atoms with E-state index in [-0.39, 0.29) is 17.5 Å². The van der Waals surface area contributed by atoms with Crippen molar-refractivity contribution in [1.29, 1.82) is 5.26 Å². The Kier molecular flexibility index (Phi) is 5.54. The minimum absolute atomic E-state index is 0.0165. The zero-order valence-corrected chi connectivity index (χ0v) is 15.4. The third kappa shape index (κ3) is 4.09. The summed E-state index contributed by atoms with van der Waals surface area (Å²) >= 11 is 0. The fourth-order valence-electron chi connectivity index (χ4n) is 3.38. The van der Waals surface area contributed by atoms with Gasteiger partial charge in [-0.2, -0.15) is 10.4 Å². The molecular weight excluding hydrogens is 360 g/mol. The number of aromatic nitrogens is 2. The van der Waals surface area contributed by atoms with Crippen LogP contribution in [0.1, 0.15) is 41.6 Å². The van der Waals surface area contributed by atoms with Crippen LogP contribution in [0.15, 0.2) is 35.1 Å². The quantitative estimate of drug-likeness (QED) is 0.831. The largest absolute Gasteiger partial charge is 0.481 e. The van der Waals surface area contributed by atoms with E-state index in [1.807, 2.05) is 6.07 Å². The highest BCUT2D eigenvalue weighted by atomic mass is 16.4. The van der Waals surface area contributed by atoms with Gasteiger partial charge in [0.1, 0.15) is 5.56 Å². The summed E-state index contributed by atoms with van der Waals surface area (Å²) in [6.07, 6.45) is 2.14. The molecule has 0 saturated heterocycles. The minimum Gasteiger partial charge on any atom is -0.481 e. The maximum absolute atomic E-state index is 12.7. The van der Waals surface area contributed by atoms with Gasteiger partial charge in [0.05, 0.1) is 23.2 Å². The summed E-state index contributed by atoms with van der Waals surface area (Å²) in [5.74, 6) is -1.67. The SMILES string of the molecule is Cn1nc(-c2ccc(C#N)cc2)cc(C(=O)N[C@H]2CC[C@H](C(=O)O)CC2)c1=O. The van der Waals surface area contributed by atoms with Crippen LogP contribution in [-0.2, 0) is 11.8 Å². The third-order valence-electron chi connectivity index (χ3n) is 5.03. The molecule has 1 amide bonds. The van der Waals surface area contributed by atoms with Crippen molar-refractivity contribution in [2.45, 2.75) is 31.7 Å². The lowest BCUT2D eigenvalue weighted by atomic mass is 9.86. The van der Waals surface area contributed by atoms with E-state index in [0.29, 0.717) is 42.5 Å². The van der Waals surface area contributed by atoms with Gasteiger partial charge in [-0.3, -0.25) is 14.4 Å². The summed E-state index contributed by atoms with van der Waals surface area (Å²) in [6.45, 7) is 0. The van der Waals surface area contributed by atoms with Crippen LogP contribution in [0.3, 0.4) is 0 Å². The van der Waals surface area contributed by atoms with E-state index in [9.17, 15) is 14.4 Å². The average Bonchev–Trinajstić information content (AvgIpc) is 2.70. The maximum Gasteiger partial charge on any atom is 0.306 e. The Balaban J connectivity index is 1.80. The molecule has 2 N–H and O–H groups in total. The topological polar surface area (TPSA) is 125 Å². The highest BCUT2D eigenvalue weighted by molar-refractivity contribution is 5.95. The molecule has 0 aliphatic heterocycles. The second kappa shape index (κ2) is 8.05. The van der Waals surface area contributed by atoms with Crippen LogP contribution in [0.5, 0.6) is 0 Å². The molecule has 0 spiro atoms. The molecule has 1 aliphatic carbocycles. The molecule has 1 aromatic heterocycles. The number of benzene rings is 1. The number of nitrogens with one attached hydrogen (secondary N) is 1. The number of amides is 1. The molecule has 3 rings (SSSR count). The number of carboxylic acid groups (broad SMARTS) is 1. The molecule has 1 fully saturated rings. The number of aliphatic carboxylic acids is 1. The zero-order valence-electron chi connectivity index (χ0n) is 15.4. The standard InChI is InChI=1S/C20H20N4O4/c1-24-19(26)16(10-17(23-24)13-4-2-12(11-21)3-5-13)18(25)22-15-8-6-14(7-9-15)20(27)28/h2-5,10,14-15H,6-9H2,1H3,(H,22,25)(H,27,28)/t14-,15-. The Bertz CT molecular complexity index is 996. The molecule has 0 atom stereocenters. The number of rotatable bonds is 4. The monoisotopic (exact) mass is 380 g/mol. The Hall–Kier alpha value is -3.47. The molecule has 1 aromatic carbocycles. The first-order valence-electron chi connectivity index (χ1n) is 9.01. The van der Waals surface area contributed by atoms with Crippen molar-refractivity contribution in [2.24, 2.45) is 13.0 Å². The summed E-state index contributed by atoms with van der Waals surface area (Å²) in [4.78, 5) is 36.1. The molecule has 8 heteroatoms. The fraction of sp³-hybridized carbons (Fsp3) is 0.350. The van der Waals surface area contributed by atoms with Crippen LogP contribution >= 0.6 is 0 Å². The molecule has 28 heavy (non-hydrogen) atoms. The first kappa shape index (κ1) is 19.3. The molecule has 1 aliphatic rings. The van der Waals surface area contributed by atoms with E-state index in [1.165, 1.54) is 13.1 Å². The second-order valence-corrected chi connectivity index (χ2v) is 6.92. The highest BCUT2D eigenvalue weighted by Gasteiger charge is 2.27. The van der Waals surface area contributed by atoms with Crippen LogP contribution in [0.4, 0.5) is 0 Å². The van der Waals surface area contributed by atoms with Gasteiger partial charge in [0.2, 0.25) is 0 Å². The first-order valence-corrected chi connectivity index (χ1v) is 9.01. The first-order chi connectivity index (χ1) is 13.4. The van der Waals surface area contributed by atoms with Gasteiger partial charge in [0.15, 0.2) is 0 Å². The average molecular weight is 380 g/mol. The van der Waals surface area contributed by atoms with Gasteiger partial charge in [0.25, 0.3) is 11.5 Å². The summed E-state index contributed by atoms with van der Waals surface area (Å²) in [5.41, 5.74) is 1.12. The molecule has 1 heterocycles. The molecular formula is C20H20N4O4. The lowest BCUT2D eigenvalue weighted by Gasteiger charge is -2.26. The number of carboxylic acids is 1. The Morgan fingerprint density at radius 2 is 1.86 bits per heavy atom. The molecule has 1 saturated carbocycles. The molecule has 2 aromatic rings. The normalized spacial score (nSPS) is 18.9. The van der Waals surface area contributed by atoms with Crippen LogP contribution in [0, 0.1) is 17.2 Å². The summed E-state index contributed by atoms with van der Waals surface area (Å²) in [6, 6.07) is 10.0. The number of nitriles is 1. The number of nitrogens with zero attached hydrogens (tertiary/aromatic N) is 3. The van der Waals surface area contributed by atoms with Crippen LogP contribution < -0.4 is 10.9 Å². The smallest absolute Gasteiger partial charge is 0.306 e. The number of aryl methyl sites for hydroxylation is 1. The second-order valence-electron chi connectivity index (χ2n) is 6.92. The van der Waals surface area contributed by atoms with E-state index in [4.69, 9.17) is 10.4 Å². The number of carbonyl (C=O) groups excluding carboxylic acids is 1. The molecule has 0 bridgehead atoms. The Morgan fingerprint density at radius 3 is 2.43 bits per heavy atom. The van der Waals surface area contributed by atoms with Crippen LogP contribution in [0.2, 0.25) is 0 Å². The lowest BCUT2D eigenvalue weighted by molar-refractivity contribution is -0.142. The van der Waals surface area contributed by atoms with Crippen molar-refractivity contribution >= 4 is 11.9 Å². The summed E-state index contributed by atoms with van der Waals surface area (Å²) < 4.78 is 1.11. The Labute approximate surface area is 161 Å². The fourth-order valence-corrected chi connectivity index (χ4v) is 3.38. The Morgan fingerprint density at radius 1 is 1.21 bits per heavy atom. The van der Waals surface area contributed by atoms with Crippen molar-refractivity contribution in [3.8, 4) is 17.3 Å². The van der Waals surface area contributed by atoms with E-state index in [0.717, 1.165) is 4.68 Å². The predicted octanol–water partition coefficient (Wildman–Crippen LogP) is 1.69. The van der Waals surface area contributed by atoms with E-state index >= 15 is 0 Å². The van der Waals surface area contributed by atoms with Gasteiger partial charge in [-0.25, -0.2) is 4.68 Å². The summed E-state index contributed by atoms with van der Waals surface area (Å²) in [7, 11) is 1.48. The van der Waals surface area contributed by atoms with Crippen LogP contribution in [-0.4, -0.2) is 32.8 Å². The minimum atomic E-state index is -0.806. The molecule has 144 valence electrons. The van der Waals surface area contributed by atoms with E-state index < -0.39 is 17.4 Å². The van der Waals surface area contributed by atoms with Gasteiger partial charge in [-0.1, -0.05) is 12.1 Å². The van der Waals surface area contributed by atoms with E-state index in [2.05, 4.69) is 10.4 Å². The molecule has 0 radical (unpaired) electrons. The predicted molar refractivity (Wildman–Crippen MR) is 100 cm³/mol. The maximum atomic E-state index is 12.7. The van der Waals surface area contributed by atoms with Crippen molar-refractivity contribution in [1.82, 2.24) is 15.1 Å². The van der Waals surface area contributed by atoms with Crippen molar-refractivity contribution in [2.75, 3.05) is 0 Å². The van der Waals surface area contributed by atoms with Crippen LogP contribution in [0.25, 0.3) is 11.3 Å². The van der Waals surface area contributed by atoms with Gasteiger partial charge in [-0.15, -0.1) is 0 Å². The van der Waals surface area contributed by atoms with Crippen molar-refractivity contribution < 1.29 is 14.7 Å². The van der Waals surface area contributed by atoms with Gasteiger partial charge in [0, 0.05) is 18.7 Å². The number of hydrogen-bond donors (Lipinski definition) is 2. The number of carbonyl (C=O) groups is 2. The summed E-state index contributed by atoms with van der Waals surface area (Å²) in [5, 5.41) is 25.0. The lowest BCUT2D eigenvalue weighted by Crippen LogP contribution is -2.41. The number of hydrogen-bond acceptors (Lipinski definition) is 5. The molecule has 8 nitrogen and oxygen atoms in total. The van der Waals surface area contributed by atoms with E-state index in [1.54, 1.807) is 24.3 Å². The zero-order chi connectivity index (χ0) is 20.3. The van der Waals surface area contributed by atoms with Gasteiger partial charge in [-0.05, 0) is 43.9 Å². The van der Waals surface area contributed by atoms with Crippen molar-refractivity contribution in [3.05, 3.63) is 51.8 Å². The van der Waals surface area contributed by atoms with Gasteiger partial charge >= 0.3 is 5.97 Å². The highest BCUT2D eigenvalue weighted by Crippen LogP contribution is 2.24. The third-order valence-corrected chi connectivity index (χ3v) is 5.03.